The molecule has 1 rings (SSSR count). The number of hydrogen-bond donors (Lipinski definition) is 1. The molecular weight excluding hydrogens is 222 g/mol. The van der Waals surface area contributed by atoms with Crippen molar-refractivity contribution in [2.75, 3.05) is 13.4 Å². The van der Waals surface area contributed by atoms with Crippen LogP contribution in [-0.4, -0.2) is 24.5 Å². The minimum Gasteiger partial charge on any atom is -0.477 e. The summed E-state index contributed by atoms with van der Waals surface area (Å²) in [5, 5.41) is 8.58. The first-order valence-corrected chi connectivity index (χ1v) is 4.49. The van der Waals surface area contributed by atoms with Crippen molar-refractivity contribution in [2.45, 2.75) is 6.92 Å². The van der Waals surface area contributed by atoms with Crippen molar-refractivity contribution in [3.8, 4) is 5.75 Å². The van der Waals surface area contributed by atoms with E-state index in [1.807, 2.05) is 0 Å². The van der Waals surface area contributed by atoms with E-state index < -0.39 is 23.2 Å². The van der Waals surface area contributed by atoms with Gasteiger partial charge in [0.25, 0.3) is 0 Å². The highest BCUT2D eigenvalue weighted by atomic mass is 19.1. The third kappa shape index (κ3) is 2.66. The van der Waals surface area contributed by atoms with Crippen LogP contribution in [0.15, 0.2) is 12.1 Å². The van der Waals surface area contributed by atoms with E-state index in [4.69, 9.17) is 14.6 Å². The second-order valence-electron chi connectivity index (χ2n) is 2.79. The number of benzene rings is 1. The minimum atomic E-state index is -1.68. The topological polar surface area (TPSA) is 55.8 Å². The second kappa shape index (κ2) is 5.41. The molecule has 0 saturated carbocycles. The Hall–Kier alpha value is -1.69. The standard InChI is InChI=1S/C10H10F2O4/c1-2-15-5-16-7-4-3-6(11)8(9(7)12)10(13)14/h3-4H,2,5H2,1H3,(H,13,14). The van der Waals surface area contributed by atoms with Crippen molar-refractivity contribution >= 4 is 5.97 Å². The summed E-state index contributed by atoms with van der Waals surface area (Å²) in [4.78, 5) is 10.6. The van der Waals surface area contributed by atoms with Gasteiger partial charge in [0, 0.05) is 6.61 Å². The maximum absolute atomic E-state index is 13.4. The predicted molar refractivity (Wildman–Crippen MR) is 50.4 cm³/mol. The zero-order chi connectivity index (χ0) is 12.1. The summed E-state index contributed by atoms with van der Waals surface area (Å²) in [6.07, 6.45) is 0. The van der Waals surface area contributed by atoms with Crippen LogP contribution in [0.25, 0.3) is 0 Å². The lowest BCUT2D eigenvalue weighted by atomic mass is 10.2. The lowest BCUT2D eigenvalue weighted by molar-refractivity contribution is 0.0197. The highest BCUT2D eigenvalue weighted by Crippen LogP contribution is 2.23. The molecule has 0 aliphatic heterocycles. The number of carboxylic acid groups (broad SMARTS) is 1. The number of carbonyl (C=O) groups is 1. The van der Waals surface area contributed by atoms with Crippen LogP contribution >= 0.6 is 0 Å². The molecular formula is C10H10F2O4. The second-order valence-corrected chi connectivity index (χ2v) is 2.79. The summed E-state index contributed by atoms with van der Waals surface area (Å²) in [5.41, 5.74) is -1.03. The fraction of sp³-hybridized carbons (Fsp3) is 0.300. The van der Waals surface area contributed by atoms with E-state index in [0.29, 0.717) is 6.61 Å². The molecule has 0 amide bonds. The molecule has 4 nitrogen and oxygen atoms in total. The Balaban J connectivity index is 2.95. The Bertz CT molecular complexity index is 393. The molecule has 1 aromatic carbocycles. The molecule has 88 valence electrons. The van der Waals surface area contributed by atoms with Gasteiger partial charge in [-0.15, -0.1) is 0 Å². The summed E-state index contributed by atoms with van der Waals surface area (Å²) < 4.78 is 36.0. The van der Waals surface area contributed by atoms with E-state index in [1.165, 1.54) is 0 Å². The summed E-state index contributed by atoms with van der Waals surface area (Å²) >= 11 is 0. The molecule has 0 bridgehead atoms. The number of aromatic carboxylic acids is 1. The molecule has 1 N–H and O–H groups in total. The molecule has 0 unspecified atom stereocenters. The van der Waals surface area contributed by atoms with Crippen molar-refractivity contribution < 1.29 is 28.2 Å². The van der Waals surface area contributed by atoms with Crippen molar-refractivity contribution in [1.29, 1.82) is 0 Å². The SMILES string of the molecule is CCOCOc1ccc(F)c(C(=O)O)c1F. The van der Waals surface area contributed by atoms with Crippen LogP contribution in [0.1, 0.15) is 17.3 Å². The Morgan fingerprint density at radius 3 is 2.69 bits per heavy atom. The summed E-state index contributed by atoms with van der Waals surface area (Å²) in [6, 6.07) is 1.84. The fourth-order valence-electron chi connectivity index (χ4n) is 1.03. The molecule has 1 aromatic rings. The molecule has 6 heteroatoms. The van der Waals surface area contributed by atoms with E-state index in [2.05, 4.69) is 0 Å². The van der Waals surface area contributed by atoms with Gasteiger partial charge in [0.15, 0.2) is 18.4 Å². The van der Waals surface area contributed by atoms with Gasteiger partial charge in [-0.2, -0.15) is 0 Å². The molecule has 0 atom stereocenters. The number of carboxylic acids is 1. The molecule has 0 spiro atoms. The quantitative estimate of drug-likeness (QED) is 0.623. The van der Waals surface area contributed by atoms with Crippen molar-refractivity contribution in [1.82, 2.24) is 0 Å². The van der Waals surface area contributed by atoms with Crippen LogP contribution in [0.2, 0.25) is 0 Å². The van der Waals surface area contributed by atoms with Crippen molar-refractivity contribution in [3.05, 3.63) is 29.3 Å². The summed E-state index contributed by atoms with van der Waals surface area (Å²) in [6.45, 7) is 1.86. The highest BCUT2D eigenvalue weighted by molar-refractivity contribution is 5.88. The van der Waals surface area contributed by atoms with E-state index in [0.717, 1.165) is 12.1 Å². The molecule has 0 fully saturated rings. The van der Waals surface area contributed by atoms with E-state index in [1.54, 1.807) is 6.92 Å². The third-order valence-electron chi connectivity index (χ3n) is 1.77. The normalized spacial score (nSPS) is 10.2. The lowest BCUT2D eigenvalue weighted by Crippen LogP contribution is -2.09. The molecule has 16 heavy (non-hydrogen) atoms. The molecule has 0 aliphatic carbocycles. The van der Waals surface area contributed by atoms with Gasteiger partial charge in [0.05, 0.1) is 0 Å². The Kier molecular flexibility index (Phi) is 4.19. The number of ether oxygens (including phenoxy) is 2. The van der Waals surface area contributed by atoms with E-state index >= 15 is 0 Å². The maximum atomic E-state index is 13.4. The van der Waals surface area contributed by atoms with Crippen LogP contribution in [-0.2, 0) is 4.74 Å². The van der Waals surface area contributed by atoms with Crippen LogP contribution in [0, 0.1) is 11.6 Å². The first kappa shape index (κ1) is 12.4. The maximum Gasteiger partial charge on any atom is 0.341 e. The monoisotopic (exact) mass is 232 g/mol. The highest BCUT2D eigenvalue weighted by Gasteiger charge is 2.20. The molecule has 0 radical (unpaired) electrons. The summed E-state index contributed by atoms with van der Waals surface area (Å²) in [7, 11) is 0. The molecule has 0 aromatic heterocycles. The first-order chi connectivity index (χ1) is 7.57. The van der Waals surface area contributed by atoms with Gasteiger partial charge in [0.2, 0.25) is 0 Å². The van der Waals surface area contributed by atoms with Gasteiger partial charge >= 0.3 is 5.97 Å². The van der Waals surface area contributed by atoms with Crippen molar-refractivity contribution in [2.24, 2.45) is 0 Å². The fourth-order valence-corrected chi connectivity index (χ4v) is 1.03. The van der Waals surface area contributed by atoms with Gasteiger partial charge in [-0.25, -0.2) is 13.6 Å². The Morgan fingerprint density at radius 2 is 2.12 bits per heavy atom. The Morgan fingerprint density at radius 1 is 1.44 bits per heavy atom. The smallest absolute Gasteiger partial charge is 0.341 e. The molecule has 0 aliphatic rings. The summed E-state index contributed by atoms with van der Waals surface area (Å²) in [5.74, 6) is -4.43. The average Bonchev–Trinajstić information content (AvgIpc) is 2.21. The molecule has 0 saturated heterocycles. The van der Waals surface area contributed by atoms with Gasteiger partial charge in [0.1, 0.15) is 11.4 Å². The Labute approximate surface area is 90.4 Å². The van der Waals surface area contributed by atoms with Crippen LogP contribution in [0.4, 0.5) is 8.78 Å². The number of hydrogen-bond acceptors (Lipinski definition) is 3. The largest absolute Gasteiger partial charge is 0.477 e. The van der Waals surface area contributed by atoms with Crippen LogP contribution in [0.3, 0.4) is 0 Å². The zero-order valence-electron chi connectivity index (χ0n) is 8.50. The van der Waals surface area contributed by atoms with Crippen LogP contribution in [0.5, 0.6) is 5.75 Å². The van der Waals surface area contributed by atoms with E-state index in [9.17, 15) is 13.6 Å². The minimum absolute atomic E-state index is 0.224. The number of halogens is 2. The van der Waals surface area contributed by atoms with Crippen LogP contribution < -0.4 is 4.74 Å². The lowest BCUT2D eigenvalue weighted by Gasteiger charge is -2.08. The predicted octanol–water partition coefficient (Wildman–Crippen LogP) is 2.04. The van der Waals surface area contributed by atoms with E-state index in [-0.39, 0.29) is 12.5 Å². The van der Waals surface area contributed by atoms with Gasteiger partial charge < -0.3 is 14.6 Å². The third-order valence-corrected chi connectivity index (χ3v) is 1.77. The van der Waals surface area contributed by atoms with Crippen molar-refractivity contribution in [3.63, 3.8) is 0 Å². The van der Waals surface area contributed by atoms with Gasteiger partial charge in [-0.1, -0.05) is 0 Å². The molecule has 0 heterocycles. The van der Waals surface area contributed by atoms with Gasteiger partial charge in [-0.05, 0) is 19.1 Å². The average molecular weight is 232 g/mol. The van der Waals surface area contributed by atoms with Gasteiger partial charge in [-0.3, -0.25) is 0 Å². The number of rotatable bonds is 5. The first-order valence-electron chi connectivity index (χ1n) is 4.49. The zero-order valence-corrected chi connectivity index (χ0v) is 8.50.